The van der Waals surface area contributed by atoms with E-state index < -0.39 is 0 Å². The third-order valence-corrected chi connectivity index (χ3v) is 3.30. The van der Waals surface area contributed by atoms with E-state index in [-0.39, 0.29) is 5.82 Å². The van der Waals surface area contributed by atoms with E-state index in [0.29, 0.717) is 6.04 Å². The van der Waals surface area contributed by atoms with Crippen LogP contribution in [0, 0.1) is 5.82 Å². The monoisotopic (exact) mass is 236 g/mol. The van der Waals surface area contributed by atoms with Gasteiger partial charge in [0.2, 0.25) is 0 Å². The van der Waals surface area contributed by atoms with Gasteiger partial charge in [0.25, 0.3) is 0 Å². The fourth-order valence-electron chi connectivity index (χ4n) is 2.43. The summed E-state index contributed by atoms with van der Waals surface area (Å²) in [6, 6.07) is 7.47. The summed E-state index contributed by atoms with van der Waals surface area (Å²) >= 11 is 0. The Hall–Kier alpha value is -0.930. The maximum atomic E-state index is 12.8. The number of rotatable bonds is 4. The third kappa shape index (κ3) is 3.79. The molecule has 0 bridgehead atoms. The Morgan fingerprint density at radius 1 is 1.35 bits per heavy atom. The molecule has 17 heavy (non-hydrogen) atoms. The van der Waals surface area contributed by atoms with Gasteiger partial charge in [-0.1, -0.05) is 25.5 Å². The normalized spacial score (nSPS) is 21.6. The predicted molar refractivity (Wildman–Crippen MR) is 68.4 cm³/mol. The second-order valence-corrected chi connectivity index (χ2v) is 4.80. The predicted octanol–water partition coefficient (Wildman–Crippen LogP) is 2.40. The summed E-state index contributed by atoms with van der Waals surface area (Å²) in [7, 11) is 0. The van der Waals surface area contributed by atoms with Crippen molar-refractivity contribution in [2.75, 3.05) is 19.6 Å². The van der Waals surface area contributed by atoms with Crippen molar-refractivity contribution in [1.29, 1.82) is 0 Å². The lowest BCUT2D eigenvalue weighted by atomic mass is 10.1. The first-order valence-corrected chi connectivity index (χ1v) is 6.48. The van der Waals surface area contributed by atoms with Gasteiger partial charge in [0.15, 0.2) is 0 Å². The highest BCUT2D eigenvalue weighted by Gasteiger charge is 2.18. The van der Waals surface area contributed by atoms with Crippen LogP contribution in [0.5, 0.6) is 0 Å². The summed E-state index contributed by atoms with van der Waals surface area (Å²) in [6.45, 7) is 6.40. The summed E-state index contributed by atoms with van der Waals surface area (Å²) in [6.07, 6.45) is 2.46. The Kier molecular flexibility index (Phi) is 4.51. The lowest BCUT2D eigenvalue weighted by Crippen LogP contribution is -2.50. The van der Waals surface area contributed by atoms with Crippen molar-refractivity contribution in [1.82, 2.24) is 10.2 Å². The van der Waals surface area contributed by atoms with Gasteiger partial charge in [0, 0.05) is 32.2 Å². The summed E-state index contributed by atoms with van der Waals surface area (Å²) in [5.74, 6) is -0.155. The molecule has 1 heterocycles. The molecule has 1 aromatic rings. The average Bonchev–Trinajstić information content (AvgIpc) is 2.33. The van der Waals surface area contributed by atoms with Crippen molar-refractivity contribution < 1.29 is 4.39 Å². The molecule has 0 aromatic heterocycles. The maximum Gasteiger partial charge on any atom is 0.123 e. The first kappa shape index (κ1) is 12.5. The molecule has 0 spiro atoms. The van der Waals surface area contributed by atoms with Crippen LogP contribution in [0.15, 0.2) is 24.3 Å². The van der Waals surface area contributed by atoms with Crippen LogP contribution in [0.1, 0.15) is 25.3 Å². The lowest BCUT2D eigenvalue weighted by molar-refractivity contribution is 0.187. The van der Waals surface area contributed by atoms with E-state index in [2.05, 4.69) is 17.1 Å². The fraction of sp³-hybridized carbons (Fsp3) is 0.571. The van der Waals surface area contributed by atoms with Gasteiger partial charge >= 0.3 is 0 Å². The zero-order chi connectivity index (χ0) is 12.1. The molecular weight excluding hydrogens is 215 g/mol. The van der Waals surface area contributed by atoms with Crippen LogP contribution in [0.4, 0.5) is 4.39 Å². The summed E-state index contributed by atoms with van der Waals surface area (Å²) < 4.78 is 12.8. The second kappa shape index (κ2) is 6.12. The number of benzene rings is 1. The number of nitrogens with zero attached hydrogens (tertiary/aromatic N) is 1. The highest BCUT2D eigenvalue weighted by molar-refractivity contribution is 5.16. The lowest BCUT2D eigenvalue weighted by Gasteiger charge is -2.33. The van der Waals surface area contributed by atoms with E-state index in [1.54, 1.807) is 12.1 Å². The number of halogens is 1. The van der Waals surface area contributed by atoms with E-state index >= 15 is 0 Å². The van der Waals surface area contributed by atoms with Gasteiger partial charge in [-0.3, -0.25) is 4.90 Å². The molecule has 1 atom stereocenters. The summed E-state index contributed by atoms with van der Waals surface area (Å²) in [5, 5.41) is 3.54. The molecule has 1 unspecified atom stereocenters. The molecule has 1 saturated heterocycles. The Labute approximate surface area is 103 Å². The Bertz CT molecular complexity index is 335. The van der Waals surface area contributed by atoms with Gasteiger partial charge in [-0.15, -0.1) is 0 Å². The molecular formula is C14H21FN2. The molecule has 1 aromatic carbocycles. The minimum atomic E-state index is -0.155. The van der Waals surface area contributed by atoms with Crippen LogP contribution in [0.2, 0.25) is 0 Å². The van der Waals surface area contributed by atoms with Crippen LogP contribution >= 0.6 is 0 Å². The van der Waals surface area contributed by atoms with Gasteiger partial charge in [-0.2, -0.15) is 0 Å². The molecule has 1 aliphatic heterocycles. The van der Waals surface area contributed by atoms with Gasteiger partial charge in [-0.05, 0) is 24.1 Å². The molecule has 1 aliphatic rings. The SMILES string of the molecule is CCCC1CN(Cc2ccc(F)cc2)CCN1. The number of piperazine rings is 1. The topological polar surface area (TPSA) is 15.3 Å². The Morgan fingerprint density at radius 3 is 2.82 bits per heavy atom. The standard InChI is InChI=1S/C14H21FN2/c1-2-3-14-11-17(9-8-16-14)10-12-4-6-13(15)7-5-12/h4-7,14,16H,2-3,8-11H2,1H3. The molecule has 1 fully saturated rings. The molecule has 1 N–H and O–H groups in total. The van der Waals surface area contributed by atoms with Crippen LogP contribution in [0.3, 0.4) is 0 Å². The summed E-state index contributed by atoms with van der Waals surface area (Å²) in [4.78, 5) is 2.45. The van der Waals surface area contributed by atoms with Gasteiger partial charge < -0.3 is 5.32 Å². The molecule has 0 radical (unpaired) electrons. The van der Waals surface area contributed by atoms with Gasteiger partial charge in [0.05, 0.1) is 0 Å². The van der Waals surface area contributed by atoms with Crippen LogP contribution in [0.25, 0.3) is 0 Å². The number of nitrogens with one attached hydrogen (secondary N) is 1. The zero-order valence-corrected chi connectivity index (χ0v) is 10.5. The van der Waals surface area contributed by atoms with Gasteiger partial charge in [0.1, 0.15) is 5.82 Å². The zero-order valence-electron chi connectivity index (χ0n) is 10.5. The molecule has 0 saturated carbocycles. The first-order chi connectivity index (χ1) is 8.28. The van der Waals surface area contributed by atoms with E-state index in [1.165, 1.54) is 18.4 Å². The van der Waals surface area contributed by atoms with Crippen molar-refractivity contribution in [3.63, 3.8) is 0 Å². The molecule has 2 nitrogen and oxygen atoms in total. The van der Waals surface area contributed by atoms with Crippen molar-refractivity contribution in [3.8, 4) is 0 Å². The van der Waals surface area contributed by atoms with Crippen molar-refractivity contribution >= 4 is 0 Å². The largest absolute Gasteiger partial charge is 0.311 e. The minimum absolute atomic E-state index is 0.155. The van der Waals surface area contributed by atoms with Crippen LogP contribution in [-0.4, -0.2) is 30.6 Å². The molecule has 3 heteroatoms. The molecule has 94 valence electrons. The molecule has 0 amide bonds. The van der Waals surface area contributed by atoms with Crippen LogP contribution < -0.4 is 5.32 Å². The van der Waals surface area contributed by atoms with E-state index in [0.717, 1.165) is 26.2 Å². The third-order valence-electron chi connectivity index (χ3n) is 3.30. The van der Waals surface area contributed by atoms with Crippen molar-refractivity contribution in [2.45, 2.75) is 32.4 Å². The van der Waals surface area contributed by atoms with Crippen molar-refractivity contribution in [2.24, 2.45) is 0 Å². The second-order valence-electron chi connectivity index (χ2n) is 4.80. The number of hydrogen-bond donors (Lipinski definition) is 1. The maximum absolute atomic E-state index is 12.8. The quantitative estimate of drug-likeness (QED) is 0.863. The molecule has 2 rings (SSSR count). The fourth-order valence-corrected chi connectivity index (χ4v) is 2.43. The number of hydrogen-bond acceptors (Lipinski definition) is 2. The van der Waals surface area contributed by atoms with Crippen molar-refractivity contribution in [3.05, 3.63) is 35.6 Å². The van der Waals surface area contributed by atoms with Gasteiger partial charge in [-0.25, -0.2) is 4.39 Å². The van der Waals surface area contributed by atoms with E-state index in [9.17, 15) is 4.39 Å². The van der Waals surface area contributed by atoms with E-state index in [4.69, 9.17) is 0 Å². The minimum Gasteiger partial charge on any atom is -0.311 e. The smallest absolute Gasteiger partial charge is 0.123 e. The van der Waals surface area contributed by atoms with Crippen LogP contribution in [-0.2, 0) is 6.54 Å². The summed E-state index contributed by atoms with van der Waals surface area (Å²) in [5.41, 5.74) is 1.20. The Balaban J connectivity index is 1.87. The highest BCUT2D eigenvalue weighted by Crippen LogP contribution is 2.10. The molecule has 0 aliphatic carbocycles. The van der Waals surface area contributed by atoms with E-state index in [1.807, 2.05) is 12.1 Å². The Morgan fingerprint density at radius 2 is 2.12 bits per heavy atom. The average molecular weight is 236 g/mol. The first-order valence-electron chi connectivity index (χ1n) is 6.48. The highest BCUT2D eigenvalue weighted by atomic mass is 19.1.